The van der Waals surface area contributed by atoms with Crippen molar-refractivity contribution in [2.45, 2.75) is 19.4 Å². The summed E-state index contributed by atoms with van der Waals surface area (Å²) in [4.78, 5) is 27.3. The monoisotopic (exact) mass is 400 g/mol. The Bertz CT molecular complexity index is 1030. The van der Waals surface area contributed by atoms with Gasteiger partial charge in [-0.15, -0.1) is 0 Å². The average molecular weight is 401 g/mol. The van der Waals surface area contributed by atoms with Gasteiger partial charge in [-0.05, 0) is 37.6 Å². The lowest BCUT2D eigenvalue weighted by Gasteiger charge is -2.41. The third-order valence-electron chi connectivity index (χ3n) is 4.97. The van der Waals surface area contributed by atoms with Crippen molar-refractivity contribution < 1.29 is 9.53 Å². The molecule has 0 unspecified atom stereocenters. The van der Waals surface area contributed by atoms with Crippen molar-refractivity contribution in [3.05, 3.63) is 47.8 Å². The van der Waals surface area contributed by atoms with E-state index in [1.807, 2.05) is 47.5 Å². The van der Waals surface area contributed by atoms with Gasteiger partial charge in [-0.1, -0.05) is 6.07 Å². The molecule has 9 heteroatoms. The van der Waals surface area contributed by atoms with Crippen LogP contribution >= 0.6 is 11.6 Å². The van der Waals surface area contributed by atoms with Gasteiger partial charge in [0.2, 0.25) is 11.2 Å². The van der Waals surface area contributed by atoms with Crippen molar-refractivity contribution in [1.29, 1.82) is 0 Å². The molecule has 4 rings (SSSR count). The summed E-state index contributed by atoms with van der Waals surface area (Å²) >= 11 is 5.90. The number of hydrogen-bond donors (Lipinski definition) is 1. The first-order valence-electron chi connectivity index (χ1n) is 8.95. The number of carbonyl (C=O) groups is 1. The Hall–Kier alpha value is -2.87. The maximum absolute atomic E-state index is 12.8. The highest BCUT2D eigenvalue weighted by atomic mass is 35.5. The summed E-state index contributed by atoms with van der Waals surface area (Å²) in [6.07, 6.45) is 5.28. The molecule has 146 valence electrons. The van der Waals surface area contributed by atoms with Gasteiger partial charge in [0.25, 0.3) is 0 Å². The number of ether oxygens (including phenoxy) is 1. The highest BCUT2D eigenvalue weighted by Gasteiger charge is 2.38. The zero-order valence-electron chi connectivity index (χ0n) is 15.9. The zero-order valence-corrected chi connectivity index (χ0v) is 16.6. The molecule has 0 spiro atoms. The number of nitrogens with zero attached hydrogens (tertiary/aromatic N) is 5. The van der Waals surface area contributed by atoms with Crippen LogP contribution in [-0.4, -0.2) is 45.5 Å². The molecule has 1 fully saturated rings. The largest absolute Gasteiger partial charge is 0.491 e. The van der Waals surface area contributed by atoms with Gasteiger partial charge in [0.1, 0.15) is 5.65 Å². The number of methoxy groups -OCH3 is 1. The second-order valence-electron chi connectivity index (χ2n) is 7.32. The number of fused-ring (bicyclic) bond motifs is 1. The van der Waals surface area contributed by atoms with Crippen molar-refractivity contribution in [3.8, 4) is 5.75 Å². The van der Waals surface area contributed by atoms with Crippen LogP contribution in [0.3, 0.4) is 0 Å². The summed E-state index contributed by atoms with van der Waals surface area (Å²) in [5, 5.41) is 3.30. The molecule has 1 aliphatic rings. The van der Waals surface area contributed by atoms with E-state index in [4.69, 9.17) is 16.3 Å². The number of pyridine rings is 1. The first-order valence-corrected chi connectivity index (χ1v) is 9.33. The van der Waals surface area contributed by atoms with E-state index in [1.54, 1.807) is 13.3 Å². The molecule has 0 radical (unpaired) electrons. The van der Waals surface area contributed by atoms with E-state index < -0.39 is 5.54 Å². The van der Waals surface area contributed by atoms with E-state index in [0.29, 0.717) is 24.7 Å². The van der Waals surface area contributed by atoms with Crippen LogP contribution in [0.5, 0.6) is 5.75 Å². The molecule has 0 aliphatic carbocycles. The van der Waals surface area contributed by atoms with E-state index >= 15 is 0 Å². The van der Waals surface area contributed by atoms with Crippen molar-refractivity contribution in [1.82, 2.24) is 24.7 Å². The van der Waals surface area contributed by atoms with Gasteiger partial charge in [-0.25, -0.2) is 9.97 Å². The molecule has 1 amide bonds. The van der Waals surface area contributed by atoms with Gasteiger partial charge in [0, 0.05) is 19.3 Å². The molecule has 4 heterocycles. The standard InChI is InChI=1S/C19H21ClN6O2/c1-19(2,14-9-21-15-6-4-5-7-26(14)15)24-17(27)12-10-25(11-12)16-13(28-3)8-22-18(20)23-16/h4-9,12H,10-11H2,1-3H3,(H,24,27). The number of aromatic nitrogens is 4. The fourth-order valence-electron chi connectivity index (χ4n) is 3.40. The van der Waals surface area contributed by atoms with Crippen molar-refractivity contribution in [2.24, 2.45) is 5.92 Å². The summed E-state index contributed by atoms with van der Waals surface area (Å²) in [6, 6.07) is 5.82. The number of carbonyl (C=O) groups excluding carboxylic acids is 1. The minimum absolute atomic E-state index is 0.00810. The van der Waals surface area contributed by atoms with Crippen LogP contribution < -0.4 is 15.0 Å². The van der Waals surface area contributed by atoms with Crippen molar-refractivity contribution >= 4 is 29.0 Å². The van der Waals surface area contributed by atoms with E-state index in [2.05, 4.69) is 20.3 Å². The molecular formula is C19H21ClN6O2. The highest BCUT2D eigenvalue weighted by Crippen LogP contribution is 2.32. The summed E-state index contributed by atoms with van der Waals surface area (Å²) < 4.78 is 7.27. The Morgan fingerprint density at radius 3 is 2.82 bits per heavy atom. The van der Waals surface area contributed by atoms with Gasteiger partial charge in [-0.2, -0.15) is 4.98 Å². The van der Waals surface area contributed by atoms with Crippen LogP contribution in [0.1, 0.15) is 19.5 Å². The maximum Gasteiger partial charge on any atom is 0.227 e. The van der Waals surface area contributed by atoms with Crippen LogP contribution in [0.4, 0.5) is 5.82 Å². The summed E-state index contributed by atoms with van der Waals surface area (Å²) in [5.74, 6) is 0.991. The number of rotatable bonds is 5. The van der Waals surface area contributed by atoms with Gasteiger partial charge >= 0.3 is 0 Å². The van der Waals surface area contributed by atoms with Crippen LogP contribution in [0, 0.1) is 5.92 Å². The number of imidazole rings is 1. The lowest BCUT2D eigenvalue weighted by molar-refractivity contribution is -0.127. The van der Waals surface area contributed by atoms with Gasteiger partial charge in [0.15, 0.2) is 11.6 Å². The average Bonchev–Trinajstić information content (AvgIpc) is 3.05. The Labute approximate surface area is 167 Å². The quantitative estimate of drug-likeness (QED) is 0.661. The van der Waals surface area contributed by atoms with E-state index in [-0.39, 0.29) is 17.1 Å². The van der Waals surface area contributed by atoms with E-state index in [1.165, 1.54) is 6.20 Å². The first-order chi connectivity index (χ1) is 13.4. The molecule has 3 aromatic heterocycles. The second-order valence-corrected chi connectivity index (χ2v) is 7.66. The molecule has 0 bridgehead atoms. The number of halogens is 1. The second kappa shape index (κ2) is 6.94. The Balaban J connectivity index is 1.45. The molecule has 0 saturated carbocycles. The Morgan fingerprint density at radius 2 is 2.07 bits per heavy atom. The predicted molar refractivity (Wildman–Crippen MR) is 106 cm³/mol. The normalized spacial score (nSPS) is 14.8. The number of hydrogen-bond acceptors (Lipinski definition) is 6. The van der Waals surface area contributed by atoms with Crippen LogP contribution in [-0.2, 0) is 10.3 Å². The molecule has 28 heavy (non-hydrogen) atoms. The Kier molecular flexibility index (Phi) is 4.58. The summed E-state index contributed by atoms with van der Waals surface area (Å²) in [7, 11) is 1.55. The summed E-state index contributed by atoms with van der Waals surface area (Å²) in [5.41, 5.74) is 1.22. The minimum Gasteiger partial charge on any atom is -0.491 e. The minimum atomic E-state index is -0.561. The zero-order chi connectivity index (χ0) is 19.9. The molecule has 1 N–H and O–H groups in total. The van der Waals surface area contributed by atoms with E-state index in [0.717, 1.165) is 11.3 Å². The lowest BCUT2D eigenvalue weighted by atomic mass is 9.95. The fraction of sp³-hybridized carbons (Fsp3) is 0.368. The first kappa shape index (κ1) is 18.5. The molecule has 1 saturated heterocycles. The SMILES string of the molecule is COc1cnc(Cl)nc1N1CC(C(=O)NC(C)(C)c2cnc3ccccn23)C1. The van der Waals surface area contributed by atoms with Gasteiger partial charge in [0.05, 0.1) is 36.7 Å². The molecule has 0 aromatic carbocycles. The molecule has 1 aliphatic heterocycles. The van der Waals surface area contributed by atoms with Crippen molar-refractivity contribution in [3.63, 3.8) is 0 Å². The van der Waals surface area contributed by atoms with Gasteiger partial charge < -0.3 is 19.4 Å². The maximum atomic E-state index is 12.8. The predicted octanol–water partition coefficient (Wildman–Crippen LogP) is 2.27. The van der Waals surface area contributed by atoms with E-state index in [9.17, 15) is 4.79 Å². The highest BCUT2D eigenvalue weighted by molar-refractivity contribution is 6.28. The number of anilines is 1. The molecule has 0 atom stereocenters. The molecular weight excluding hydrogens is 380 g/mol. The smallest absolute Gasteiger partial charge is 0.227 e. The molecule has 8 nitrogen and oxygen atoms in total. The number of nitrogens with one attached hydrogen (secondary N) is 1. The van der Waals surface area contributed by atoms with Crippen LogP contribution in [0.2, 0.25) is 5.28 Å². The Morgan fingerprint density at radius 1 is 1.29 bits per heavy atom. The van der Waals surface area contributed by atoms with Gasteiger partial charge in [-0.3, -0.25) is 4.79 Å². The van der Waals surface area contributed by atoms with Crippen LogP contribution in [0.15, 0.2) is 36.8 Å². The van der Waals surface area contributed by atoms with Crippen molar-refractivity contribution in [2.75, 3.05) is 25.1 Å². The summed E-state index contributed by atoms with van der Waals surface area (Å²) in [6.45, 7) is 5.04. The fourth-order valence-corrected chi connectivity index (χ4v) is 3.53. The lowest BCUT2D eigenvalue weighted by Crippen LogP contribution is -2.57. The third kappa shape index (κ3) is 3.24. The number of amides is 1. The third-order valence-corrected chi connectivity index (χ3v) is 5.15. The molecule has 3 aromatic rings. The topological polar surface area (TPSA) is 84.7 Å². The van der Waals surface area contributed by atoms with Crippen LogP contribution in [0.25, 0.3) is 5.65 Å².